The molecule has 23 heavy (non-hydrogen) atoms. The van der Waals surface area contributed by atoms with E-state index in [1.54, 1.807) is 0 Å². The molecule has 0 spiro atoms. The van der Waals surface area contributed by atoms with Crippen molar-refractivity contribution in [2.24, 2.45) is 11.8 Å². The summed E-state index contributed by atoms with van der Waals surface area (Å²) in [5, 5.41) is 0. The molecule has 3 heterocycles. The van der Waals surface area contributed by atoms with E-state index in [-0.39, 0.29) is 5.91 Å². The number of hydrogen-bond acceptors (Lipinski definition) is 3. The Hall–Kier alpha value is -1.88. The molecule has 0 aliphatic carbocycles. The molecule has 2 unspecified atom stereocenters. The van der Waals surface area contributed by atoms with E-state index >= 15 is 0 Å². The number of amides is 1. The van der Waals surface area contributed by atoms with Crippen molar-refractivity contribution in [3.8, 4) is 0 Å². The molecule has 3 rings (SSSR count). The second-order valence-corrected chi connectivity index (χ2v) is 7.23. The highest BCUT2D eigenvalue weighted by molar-refractivity contribution is 5.94. The maximum absolute atomic E-state index is 13.1. The van der Waals surface area contributed by atoms with E-state index in [1.165, 1.54) is 6.42 Å². The third kappa shape index (κ3) is 3.24. The van der Waals surface area contributed by atoms with Gasteiger partial charge in [-0.1, -0.05) is 19.9 Å². The van der Waals surface area contributed by atoms with Crippen LogP contribution in [0.5, 0.6) is 0 Å². The molecule has 5 heteroatoms. The zero-order valence-electron chi connectivity index (χ0n) is 14.5. The number of aromatic nitrogens is 2. The van der Waals surface area contributed by atoms with Crippen molar-refractivity contribution < 1.29 is 4.79 Å². The van der Waals surface area contributed by atoms with Gasteiger partial charge in [-0.25, -0.2) is 4.98 Å². The van der Waals surface area contributed by atoms with Gasteiger partial charge in [0.15, 0.2) is 5.69 Å². The number of imidazole rings is 1. The number of rotatable bonds is 3. The van der Waals surface area contributed by atoms with Crippen molar-refractivity contribution in [2.75, 3.05) is 27.2 Å². The fourth-order valence-corrected chi connectivity index (χ4v) is 3.65. The van der Waals surface area contributed by atoms with Crippen molar-refractivity contribution in [1.82, 2.24) is 19.2 Å². The summed E-state index contributed by atoms with van der Waals surface area (Å²) >= 11 is 0. The first kappa shape index (κ1) is 16.0. The molecular formula is C18H26N4O. The van der Waals surface area contributed by atoms with Gasteiger partial charge in [-0.05, 0) is 44.5 Å². The van der Waals surface area contributed by atoms with Gasteiger partial charge in [0.05, 0.1) is 5.69 Å². The lowest BCUT2D eigenvalue weighted by Gasteiger charge is -2.34. The van der Waals surface area contributed by atoms with Gasteiger partial charge in [-0.2, -0.15) is 0 Å². The van der Waals surface area contributed by atoms with Gasteiger partial charge in [0.2, 0.25) is 0 Å². The number of hydrogen-bond donors (Lipinski definition) is 0. The van der Waals surface area contributed by atoms with Crippen LogP contribution in [-0.4, -0.2) is 52.3 Å². The van der Waals surface area contributed by atoms with Gasteiger partial charge in [-0.3, -0.25) is 4.79 Å². The van der Waals surface area contributed by atoms with Crippen LogP contribution in [0.2, 0.25) is 0 Å². The Bertz CT molecular complexity index is 696. The lowest BCUT2D eigenvalue weighted by Crippen LogP contribution is -2.43. The van der Waals surface area contributed by atoms with Crippen molar-refractivity contribution in [1.29, 1.82) is 0 Å². The quantitative estimate of drug-likeness (QED) is 0.874. The molecule has 1 aliphatic heterocycles. The Morgan fingerprint density at radius 2 is 1.96 bits per heavy atom. The average molecular weight is 314 g/mol. The van der Waals surface area contributed by atoms with Gasteiger partial charge in [0, 0.05) is 25.8 Å². The monoisotopic (exact) mass is 314 g/mol. The highest BCUT2D eigenvalue weighted by Gasteiger charge is 2.29. The largest absolute Gasteiger partial charge is 0.337 e. The first-order valence-corrected chi connectivity index (χ1v) is 8.35. The number of carbonyl (C=O) groups excluding carboxylic acids is 1. The summed E-state index contributed by atoms with van der Waals surface area (Å²) in [5.74, 6) is 1.18. The summed E-state index contributed by atoms with van der Waals surface area (Å²) in [6.45, 7) is 6.81. The smallest absolute Gasteiger partial charge is 0.274 e. The van der Waals surface area contributed by atoms with Crippen molar-refractivity contribution >= 4 is 11.6 Å². The van der Waals surface area contributed by atoms with Crippen LogP contribution >= 0.6 is 0 Å². The highest BCUT2D eigenvalue weighted by atomic mass is 16.2. The van der Waals surface area contributed by atoms with Gasteiger partial charge in [-0.15, -0.1) is 0 Å². The topological polar surface area (TPSA) is 40.9 Å². The first-order valence-electron chi connectivity index (χ1n) is 8.35. The fourth-order valence-electron chi connectivity index (χ4n) is 3.65. The number of pyridine rings is 1. The van der Waals surface area contributed by atoms with Gasteiger partial charge in [0.1, 0.15) is 5.65 Å². The van der Waals surface area contributed by atoms with Gasteiger partial charge in [0.25, 0.3) is 5.91 Å². The maximum Gasteiger partial charge on any atom is 0.274 e. The molecule has 1 amide bonds. The Morgan fingerprint density at radius 1 is 1.26 bits per heavy atom. The number of likely N-dealkylation sites (tertiary alicyclic amines) is 1. The lowest BCUT2D eigenvalue weighted by atomic mass is 9.91. The number of piperidine rings is 1. The summed E-state index contributed by atoms with van der Waals surface area (Å²) in [7, 11) is 4.03. The third-order valence-electron chi connectivity index (χ3n) is 4.45. The van der Waals surface area contributed by atoms with Crippen molar-refractivity contribution in [2.45, 2.75) is 26.8 Å². The summed E-state index contributed by atoms with van der Waals surface area (Å²) in [6.07, 6.45) is 3.18. The molecule has 0 N–H and O–H groups in total. The molecule has 0 aromatic carbocycles. The SMILES string of the molecule is CC1CC(C)CN(C(=O)c2nc3ccccn3c2CN(C)C)C1. The van der Waals surface area contributed by atoms with E-state index < -0.39 is 0 Å². The summed E-state index contributed by atoms with van der Waals surface area (Å²) in [5.41, 5.74) is 2.42. The van der Waals surface area contributed by atoms with Crippen LogP contribution in [0.1, 0.15) is 36.5 Å². The van der Waals surface area contributed by atoms with Crippen LogP contribution in [0, 0.1) is 11.8 Å². The minimum atomic E-state index is 0.0731. The fraction of sp³-hybridized carbons (Fsp3) is 0.556. The molecule has 0 saturated carbocycles. The van der Waals surface area contributed by atoms with Crippen LogP contribution in [0.4, 0.5) is 0 Å². The second-order valence-electron chi connectivity index (χ2n) is 7.23. The molecule has 1 saturated heterocycles. The lowest BCUT2D eigenvalue weighted by molar-refractivity contribution is 0.0616. The predicted octanol–water partition coefficient (Wildman–Crippen LogP) is 2.51. The molecule has 2 atom stereocenters. The number of nitrogens with zero attached hydrogens (tertiary/aromatic N) is 4. The summed E-state index contributed by atoms with van der Waals surface area (Å²) < 4.78 is 2.03. The zero-order chi connectivity index (χ0) is 16.6. The van der Waals surface area contributed by atoms with Crippen LogP contribution in [0.25, 0.3) is 5.65 Å². The normalized spacial score (nSPS) is 22.0. The van der Waals surface area contributed by atoms with E-state index in [9.17, 15) is 4.79 Å². The van der Waals surface area contributed by atoms with E-state index in [0.717, 1.165) is 24.4 Å². The Kier molecular flexibility index (Phi) is 4.39. The Morgan fingerprint density at radius 3 is 2.61 bits per heavy atom. The molecule has 1 fully saturated rings. The molecular weight excluding hydrogens is 288 g/mol. The predicted molar refractivity (Wildman–Crippen MR) is 91.4 cm³/mol. The third-order valence-corrected chi connectivity index (χ3v) is 4.45. The van der Waals surface area contributed by atoms with Crippen LogP contribution in [0.3, 0.4) is 0 Å². The second kappa shape index (κ2) is 6.32. The number of carbonyl (C=O) groups is 1. The average Bonchev–Trinajstić information content (AvgIpc) is 2.84. The molecule has 2 aromatic rings. The van der Waals surface area contributed by atoms with Crippen molar-refractivity contribution in [3.05, 3.63) is 35.8 Å². The minimum absolute atomic E-state index is 0.0731. The van der Waals surface area contributed by atoms with E-state index in [4.69, 9.17) is 0 Å². The zero-order valence-corrected chi connectivity index (χ0v) is 14.5. The molecule has 1 aliphatic rings. The van der Waals surface area contributed by atoms with Crippen LogP contribution in [0.15, 0.2) is 24.4 Å². The molecule has 0 bridgehead atoms. The molecule has 5 nitrogen and oxygen atoms in total. The van der Waals surface area contributed by atoms with Gasteiger partial charge < -0.3 is 14.2 Å². The number of fused-ring (bicyclic) bond motifs is 1. The summed E-state index contributed by atoms with van der Waals surface area (Å²) in [4.78, 5) is 21.8. The molecule has 2 aromatic heterocycles. The van der Waals surface area contributed by atoms with Crippen molar-refractivity contribution in [3.63, 3.8) is 0 Å². The van der Waals surface area contributed by atoms with E-state index in [0.29, 0.717) is 24.1 Å². The molecule has 124 valence electrons. The van der Waals surface area contributed by atoms with Crippen LogP contribution in [-0.2, 0) is 6.54 Å². The standard InChI is InChI=1S/C18H26N4O/c1-13-9-14(2)11-21(10-13)18(23)17-15(12-20(3)4)22-8-6-5-7-16(22)19-17/h5-8,13-14H,9-12H2,1-4H3. The van der Waals surface area contributed by atoms with E-state index in [2.05, 4.69) is 23.7 Å². The Balaban J connectivity index is 1.99. The molecule has 0 radical (unpaired) electrons. The van der Waals surface area contributed by atoms with E-state index in [1.807, 2.05) is 47.8 Å². The van der Waals surface area contributed by atoms with Gasteiger partial charge >= 0.3 is 0 Å². The summed E-state index contributed by atoms with van der Waals surface area (Å²) in [6, 6.07) is 5.89. The maximum atomic E-state index is 13.1. The first-order chi connectivity index (χ1) is 11.0. The highest BCUT2D eigenvalue weighted by Crippen LogP contribution is 2.24. The minimum Gasteiger partial charge on any atom is -0.337 e. The van der Waals surface area contributed by atoms with Crippen LogP contribution < -0.4 is 0 Å². The Labute approximate surface area is 137 Å².